The number of rotatable bonds is 6. The van der Waals surface area contributed by atoms with E-state index >= 15 is 0 Å². The molecule has 8 heteroatoms. The molecule has 1 aromatic heterocycles. The molecule has 0 radical (unpaired) electrons. The predicted octanol–water partition coefficient (Wildman–Crippen LogP) is -0.550. The third-order valence-corrected chi connectivity index (χ3v) is 3.46. The third kappa shape index (κ3) is 3.99. The van der Waals surface area contributed by atoms with Gasteiger partial charge in [-0.25, -0.2) is 4.79 Å². The van der Waals surface area contributed by atoms with E-state index in [4.69, 9.17) is 9.84 Å². The minimum Gasteiger partial charge on any atom is -0.476 e. The fraction of sp³-hybridized carbons (Fsp3) is 0.750. The van der Waals surface area contributed by atoms with E-state index in [0.717, 1.165) is 0 Å². The van der Waals surface area contributed by atoms with Gasteiger partial charge in [-0.3, -0.25) is 4.68 Å². The first kappa shape index (κ1) is 14.9. The van der Waals surface area contributed by atoms with Crippen molar-refractivity contribution < 1.29 is 19.7 Å². The molecule has 1 saturated heterocycles. The number of carboxylic acid groups (broad SMARTS) is 1. The van der Waals surface area contributed by atoms with E-state index < -0.39 is 11.6 Å². The Morgan fingerprint density at radius 1 is 1.55 bits per heavy atom. The van der Waals surface area contributed by atoms with Gasteiger partial charge in [-0.05, 0) is 7.05 Å². The van der Waals surface area contributed by atoms with Crippen molar-refractivity contribution in [1.82, 2.24) is 19.9 Å². The first-order valence-electron chi connectivity index (χ1n) is 6.61. The maximum atomic E-state index is 10.7. The number of nitrogens with zero attached hydrogens (tertiary/aromatic N) is 4. The molecule has 0 bridgehead atoms. The van der Waals surface area contributed by atoms with Crippen molar-refractivity contribution in [1.29, 1.82) is 0 Å². The van der Waals surface area contributed by atoms with Gasteiger partial charge in [0.1, 0.15) is 0 Å². The van der Waals surface area contributed by atoms with Gasteiger partial charge in [-0.15, -0.1) is 5.10 Å². The molecule has 0 unspecified atom stereocenters. The SMILES string of the molecule is CN(CCn1cc(C(=O)O)nn1)CC1(O)CCOCC1. The van der Waals surface area contributed by atoms with Gasteiger partial charge in [-0.2, -0.15) is 0 Å². The van der Waals surface area contributed by atoms with Crippen LogP contribution in [0.4, 0.5) is 0 Å². The highest BCUT2D eigenvalue weighted by Crippen LogP contribution is 2.21. The van der Waals surface area contributed by atoms with Crippen LogP contribution in [0.2, 0.25) is 0 Å². The van der Waals surface area contributed by atoms with Crippen LogP contribution < -0.4 is 0 Å². The topological polar surface area (TPSA) is 101 Å². The van der Waals surface area contributed by atoms with Crippen molar-refractivity contribution >= 4 is 5.97 Å². The summed E-state index contributed by atoms with van der Waals surface area (Å²) < 4.78 is 6.74. The van der Waals surface area contributed by atoms with Crippen LogP contribution in [-0.2, 0) is 11.3 Å². The Labute approximate surface area is 116 Å². The van der Waals surface area contributed by atoms with Gasteiger partial charge >= 0.3 is 5.97 Å². The largest absolute Gasteiger partial charge is 0.476 e. The second-order valence-corrected chi connectivity index (χ2v) is 5.25. The van der Waals surface area contributed by atoms with E-state index in [0.29, 0.717) is 45.7 Å². The summed E-state index contributed by atoms with van der Waals surface area (Å²) in [5, 5.41) is 26.4. The molecule has 0 aliphatic carbocycles. The molecular formula is C12H20N4O4. The second-order valence-electron chi connectivity index (χ2n) is 5.25. The molecule has 0 aromatic carbocycles. The first-order chi connectivity index (χ1) is 9.48. The zero-order chi connectivity index (χ0) is 14.6. The maximum Gasteiger partial charge on any atom is 0.358 e. The normalized spacial score (nSPS) is 18.4. The fourth-order valence-electron chi connectivity index (χ4n) is 2.27. The lowest BCUT2D eigenvalue weighted by Gasteiger charge is -2.35. The number of likely N-dealkylation sites (N-methyl/N-ethyl adjacent to an activating group) is 1. The van der Waals surface area contributed by atoms with Crippen LogP contribution in [0.3, 0.4) is 0 Å². The molecule has 0 atom stereocenters. The second kappa shape index (κ2) is 6.29. The molecule has 2 rings (SSSR count). The summed E-state index contributed by atoms with van der Waals surface area (Å²) in [5.74, 6) is -1.08. The minimum atomic E-state index is -1.08. The highest BCUT2D eigenvalue weighted by molar-refractivity contribution is 5.84. The molecule has 2 N–H and O–H groups in total. The van der Waals surface area contributed by atoms with Crippen LogP contribution in [-0.4, -0.2) is 75.0 Å². The van der Waals surface area contributed by atoms with Crippen molar-refractivity contribution in [2.24, 2.45) is 0 Å². The molecule has 1 aliphatic heterocycles. The highest BCUT2D eigenvalue weighted by atomic mass is 16.5. The molecule has 1 aromatic rings. The molecule has 2 heterocycles. The smallest absolute Gasteiger partial charge is 0.358 e. The van der Waals surface area contributed by atoms with Crippen LogP contribution >= 0.6 is 0 Å². The summed E-state index contributed by atoms with van der Waals surface area (Å²) in [6.45, 7) is 2.94. The van der Waals surface area contributed by atoms with Crippen molar-refractivity contribution in [2.45, 2.75) is 25.0 Å². The van der Waals surface area contributed by atoms with Crippen LogP contribution in [0.15, 0.2) is 6.20 Å². The number of ether oxygens (including phenoxy) is 1. The lowest BCUT2D eigenvalue weighted by molar-refractivity contribution is -0.0771. The van der Waals surface area contributed by atoms with Gasteiger partial charge in [0, 0.05) is 39.1 Å². The Morgan fingerprint density at radius 3 is 2.85 bits per heavy atom. The first-order valence-corrected chi connectivity index (χ1v) is 6.61. The standard InChI is InChI=1S/C12H20N4O4/c1-15(9-12(19)2-6-20-7-3-12)4-5-16-8-10(11(17)18)13-14-16/h8,19H,2-7,9H2,1H3,(H,17,18). The Hall–Kier alpha value is -1.51. The number of carboxylic acids is 1. The van der Waals surface area contributed by atoms with Crippen molar-refractivity contribution in [3.05, 3.63) is 11.9 Å². The van der Waals surface area contributed by atoms with E-state index in [1.165, 1.54) is 10.9 Å². The molecule has 1 fully saturated rings. The lowest BCUT2D eigenvalue weighted by atomic mass is 9.94. The summed E-state index contributed by atoms with van der Waals surface area (Å²) in [4.78, 5) is 12.7. The maximum absolute atomic E-state index is 10.7. The molecular weight excluding hydrogens is 264 g/mol. The van der Waals surface area contributed by atoms with E-state index in [1.54, 1.807) is 0 Å². The Balaban J connectivity index is 1.79. The number of hydrogen-bond acceptors (Lipinski definition) is 6. The number of aromatic carboxylic acids is 1. The zero-order valence-electron chi connectivity index (χ0n) is 11.5. The molecule has 1 aliphatic rings. The molecule has 20 heavy (non-hydrogen) atoms. The van der Waals surface area contributed by atoms with Gasteiger partial charge in [0.25, 0.3) is 0 Å². The number of aliphatic hydroxyl groups is 1. The molecule has 0 amide bonds. The number of aromatic nitrogens is 3. The molecule has 112 valence electrons. The van der Waals surface area contributed by atoms with E-state index in [2.05, 4.69) is 10.3 Å². The van der Waals surface area contributed by atoms with Gasteiger partial charge in [0.15, 0.2) is 5.69 Å². The molecule has 0 saturated carbocycles. The van der Waals surface area contributed by atoms with Crippen LogP contribution in [0.5, 0.6) is 0 Å². The van der Waals surface area contributed by atoms with Crippen LogP contribution in [0, 0.1) is 0 Å². The van der Waals surface area contributed by atoms with E-state index in [9.17, 15) is 9.90 Å². The van der Waals surface area contributed by atoms with Crippen molar-refractivity contribution in [2.75, 3.05) is 33.4 Å². The average Bonchev–Trinajstić information content (AvgIpc) is 2.85. The molecule has 8 nitrogen and oxygen atoms in total. The average molecular weight is 284 g/mol. The van der Waals surface area contributed by atoms with Crippen LogP contribution in [0.1, 0.15) is 23.3 Å². The summed E-state index contributed by atoms with van der Waals surface area (Å²) >= 11 is 0. The van der Waals surface area contributed by atoms with Gasteiger partial charge in [-0.1, -0.05) is 5.21 Å². The highest BCUT2D eigenvalue weighted by Gasteiger charge is 2.30. The quantitative estimate of drug-likeness (QED) is 0.722. The predicted molar refractivity (Wildman–Crippen MR) is 69.5 cm³/mol. The van der Waals surface area contributed by atoms with Crippen molar-refractivity contribution in [3.63, 3.8) is 0 Å². The van der Waals surface area contributed by atoms with Crippen LogP contribution in [0.25, 0.3) is 0 Å². The number of hydrogen-bond donors (Lipinski definition) is 2. The Morgan fingerprint density at radius 2 is 2.25 bits per heavy atom. The zero-order valence-corrected chi connectivity index (χ0v) is 11.5. The van der Waals surface area contributed by atoms with Gasteiger partial charge in [0.2, 0.25) is 0 Å². The van der Waals surface area contributed by atoms with E-state index in [-0.39, 0.29) is 5.69 Å². The third-order valence-electron chi connectivity index (χ3n) is 3.46. The van der Waals surface area contributed by atoms with Gasteiger partial charge in [0.05, 0.1) is 18.3 Å². The fourth-order valence-corrected chi connectivity index (χ4v) is 2.27. The van der Waals surface area contributed by atoms with E-state index in [1.807, 2.05) is 11.9 Å². The molecule has 0 spiro atoms. The minimum absolute atomic E-state index is 0.0595. The lowest BCUT2D eigenvalue weighted by Crippen LogP contribution is -2.46. The van der Waals surface area contributed by atoms with Gasteiger partial charge < -0.3 is 19.8 Å². The summed E-state index contributed by atoms with van der Waals surface area (Å²) in [6, 6.07) is 0. The monoisotopic (exact) mass is 284 g/mol. The summed E-state index contributed by atoms with van der Waals surface area (Å²) in [6.07, 6.45) is 2.69. The number of carbonyl (C=O) groups is 1. The Kier molecular flexibility index (Phi) is 4.69. The van der Waals surface area contributed by atoms with Crippen molar-refractivity contribution in [3.8, 4) is 0 Å². The Bertz CT molecular complexity index is 456. The summed E-state index contributed by atoms with van der Waals surface area (Å²) in [5.41, 5.74) is -0.752. The summed E-state index contributed by atoms with van der Waals surface area (Å²) in [7, 11) is 1.92.